The van der Waals surface area contributed by atoms with Crippen LogP contribution in [0, 0.1) is 5.82 Å². The Kier molecular flexibility index (Phi) is 3.79. The second-order valence-corrected chi connectivity index (χ2v) is 8.80. The molecule has 33 heavy (non-hydrogen) atoms. The largest absolute Gasteiger partial charge is 0.348 e. The SMILES string of the molecule is O=C(c1cnn2cc(C3CC3)ccc12)N1CCc2[nH]cnc2[C@@H]1c1cc2c(F)cccn2n1. The van der Waals surface area contributed by atoms with Crippen LogP contribution in [0.1, 0.15) is 57.8 Å². The van der Waals surface area contributed by atoms with Crippen LogP contribution in [-0.4, -0.2) is 46.5 Å². The average molecular weight is 441 g/mol. The molecule has 1 aliphatic carbocycles. The molecule has 0 unspecified atom stereocenters. The predicted octanol–water partition coefficient (Wildman–Crippen LogP) is 3.51. The standard InChI is InChI=1S/C24H20FN7O/c25-17-2-1-8-31-21(17)10-19(29-31)23-22-18(26-13-27-22)7-9-30(23)24(33)16-11-28-32-12-15(14-3-4-14)5-6-20(16)32/h1-2,5-6,8,10-14,23H,3-4,7,9H2,(H,26,27)/t23-/m0/s1. The fourth-order valence-electron chi connectivity index (χ4n) is 4.91. The zero-order valence-electron chi connectivity index (χ0n) is 17.6. The number of H-pyrrole nitrogens is 1. The van der Waals surface area contributed by atoms with Crippen molar-refractivity contribution in [1.82, 2.24) is 34.1 Å². The number of halogens is 1. The summed E-state index contributed by atoms with van der Waals surface area (Å²) in [5.41, 5.74) is 5.23. The van der Waals surface area contributed by atoms with Crippen LogP contribution in [-0.2, 0) is 6.42 Å². The van der Waals surface area contributed by atoms with Crippen LogP contribution in [0.4, 0.5) is 4.39 Å². The van der Waals surface area contributed by atoms with Gasteiger partial charge in [0.05, 0.1) is 35.0 Å². The van der Waals surface area contributed by atoms with Gasteiger partial charge in [0.2, 0.25) is 0 Å². The molecule has 0 bridgehead atoms. The highest BCUT2D eigenvalue weighted by atomic mass is 19.1. The van der Waals surface area contributed by atoms with Crippen molar-refractivity contribution < 1.29 is 9.18 Å². The van der Waals surface area contributed by atoms with E-state index in [1.165, 1.54) is 29.0 Å². The number of pyridine rings is 2. The van der Waals surface area contributed by atoms with Crippen molar-refractivity contribution in [2.24, 2.45) is 0 Å². The van der Waals surface area contributed by atoms with Crippen molar-refractivity contribution in [3.05, 3.63) is 89.3 Å². The molecule has 9 heteroatoms. The topological polar surface area (TPSA) is 83.6 Å². The summed E-state index contributed by atoms with van der Waals surface area (Å²) in [6, 6.07) is 8.26. The molecule has 0 spiro atoms. The van der Waals surface area contributed by atoms with Gasteiger partial charge in [0.25, 0.3) is 5.91 Å². The molecule has 1 saturated carbocycles. The van der Waals surface area contributed by atoms with Crippen molar-refractivity contribution in [3.8, 4) is 0 Å². The van der Waals surface area contributed by atoms with Gasteiger partial charge >= 0.3 is 0 Å². The van der Waals surface area contributed by atoms with Crippen molar-refractivity contribution in [2.75, 3.05) is 6.54 Å². The molecule has 6 heterocycles. The van der Waals surface area contributed by atoms with Gasteiger partial charge < -0.3 is 9.88 Å². The smallest absolute Gasteiger partial charge is 0.258 e. The summed E-state index contributed by atoms with van der Waals surface area (Å²) in [5, 5.41) is 9.06. The van der Waals surface area contributed by atoms with Gasteiger partial charge in [-0.3, -0.25) is 4.79 Å². The number of aromatic nitrogens is 6. The Balaban J connectivity index is 1.33. The lowest BCUT2D eigenvalue weighted by molar-refractivity contribution is 0.0689. The van der Waals surface area contributed by atoms with Crippen molar-refractivity contribution >= 4 is 16.9 Å². The predicted molar refractivity (Wildman–Crippen MR) is 117 cm³/mol. The van der Waals surface area contributed by atoms with Crippen LogP contribution in [0.15, 0.2) is 55.2 Å². The Hall–Kier alpha value is -4.01. The molecule has 8 nitrogen and oxygen atoms in total. The third-order valence-electron chi connectivity index (χ3n) is 6.75. The van der Waals surface area contributed by atoms with Gasteiger partial charge in [0.15, 0.2) is 0 Å². The maximum absolute atomic E-state index is 14.4. The van der Waals surface area contributed by atoms with E-state index >= 15 is 0 Å². The van der Waals surface area contributed by atoms with Crippen molar-refractivity contribution in [3.63, 3.8) is 0 Å². The number of rotatable bonds is 3. The minimum atomic E-state index is -0.521. The summed E-state index contributed by atoms with van der Waals surface area (Å²) in [7, 11) is 0. The number of nitrogens with zero attached hydrogens (tertiary/aromatic N) is 6. The zero-order chi connectivity index (χ0) is 22.1. The third kappa shape index (κ3) is 2.81. The van der Waals surface area contributed by atoms with E-state index in [-0.39, 0.29) is 11.7 Å². The Morgan fingerprint density at radius 2 is 2.06 bits per heavy atom. The second kappa shape index (κ2) is 6.74. The van der Waals surface area contributed by atoms with Gasteiger partial charge in [-0.1, -0.05) is 6.07 Å². The van der Waals surface area contributed by atoms with Crippen LogP contribution in [0.5, 0.6) is 0 Å². The highest BCUT2D eigenvalue weighted by molar-refractivity contribution is 6.01. The van der Waals surface area contributed by atoms with Gasteiger partial charge in [0, 0.05) is 31.1 Å². The summed E-state index contributed by atoms with van der Waals surface area (Å²) < 4.78 is 17.7. The molecule has 1 fully saturated rings. The lowest BCUT2D eigenvalue weighted by atomic mass is 9.98. The Bertz CT molecular complexity index is 1540. The summed E-state index contributed by atoms with van der Waals surface area (Å²) in [6.07, 6.45) is 10.1. The maximum Gasteiger partial charge on any atom is 0.258 e. The Morgan fingerprint density at radius 3 is 2.91 bits per heavy atom. The van der Waals surface area contributed by atoms with E-state index in [2.05, 4.69) is 26.2 Å². The Morgan fingerprint density at radius 1 is 1.15 bits per heavy atom. The summed E-state index contributed by atoms with van der Waals surface area (Å²) in [4.78, 5) is 23.3. The quantitative estimate of drug-likeness (QED) is 0.465. The number of hydrogen-bond acceptors (Lipinski definition) is 4. The summed E-state index contributed by atoms with van der Waals surface area (Å²) >= 11 is 0. The fraction of sp³-hybridized carbons (Fsp3) is 0.250. The number of hydrogen-bond donors (Lipinski definition) is 1. The summed E-state index contributed by atoms with van der Waals surface area (Å²) in [5.74, 6) is 0.111. The molecule has 7 rings (SSSR count). The number of carbonyl (C=O) groups excluding carboxylic acids is 1. The van der Waals surface area contributed by atoms with Gasteiger partial charge in [-0.25, -0.2) is 18.4 Å². The van der Waals surface area contributed by atoms with Crippen LogP contribution in [0.2, 0.25) is 0 Å². The van der Waals surface area contributed by atoms with E-state index in [1.54, 1.807) is 40.3 Å². The number of amides is 1. The first-order valence-corrected chi connectivity index (χ1v) is 11.1. The van der Waals surface area contributed by atoms with Gasteiger partial charge in [-0.15, -0.1) is 0 Å². The highest BCUT2D eigenvalue weighted by Crippen LogP contribution is 2.40. The molecular formula is C24H20FN7O. The van der Waals surface area contributed by atoms with Gasteiger partial charge in [-0.05, 0) is 48.6 Å². The number of imidazole rings is 1. The normalized spacial score (nSPS) is 18.2. The van der Waals surface area contributed by atoms with Gasteiger partial charge in [-0.2, -0.15) is 10.2 Å². The lowest BCUT2D eigenvalue weighted by Crippen LogP contribution is -2.41. The minimum Gasteiger partial charge on any atom is -0.348 e. The second-order valence-electron chi connectivity index (χ2n) is 8.80. The maximum atomic E-state index is 14.4. The molecule has 1 amide bonds. The van der Waals surface area contributed by atoms with Gasteiger partial charge in [0.1, 0.15) is 17.4 Å². The van der Waals surface area contributed by atoms with Crippen LogP contribution >= 0.6 is 0 Å². The molecule has 1 N–H and O–H groups in total. The summed E-state index contributed by atoms with van der Waals surface area (Å²) in [6.45, 7) is 0.493. The fourth-order valence-corrected chi connectivity index (χ4v) is 4.91. The third-order valence-corrected chi connectivity index (χ3v) is 6.75. The lowest BCUT2D eigenvalue weighted by Gasteiger charge is -2.33. The van der Waals surface area contributed by atoms with Crippen molar-refractivity contribution in [2.45, 2.75) is 31.2 Å². The first-order valence-electron chi connectivity index (χ1n) is 11.1. The van der Waals surface area contributed by atoms with Crippen molar-refractivity contribution in [1.29, 1.82) is 0 Å². The number of carbonyl (C=O) groups is 1. The number of aromatic amines is 1. The molecule has 1 atom stereocenters. The highest BCUT2D eigenvalue weighted by Gasteiger charge is 2.37. The van der Waals surface area contributed by atoms with Crippen LogP contribution < -0.4 is 0 Å². The van der Waals surface area contributed by atoms with E-state index < -0.39 is 6.04 Å². The van der Waals surface area contributed by atoms with Crippen LogP contribution in [0.25, 0.3) is 11.0 Å². The molecule has 0 saturated heterocycles. The number of nitrogens with one attached hydrogen (secondary N) is 1. The molecule has 1 aliphatic heterocycles. The average Bonchev–Trinajstić information content (AvgIpc) is 3.22. The van der Waals surface area contributed by atoms with E-state index in [0.29, 0.717) is 35.7 Å². The van der Waals surface area contributed by atoms with E-state index in [4.69, 9.17) is 0 Å². The molecule has 2 aliphatic rings. The molecule has 0 aromatic carbocycles. The first kappa shape index (κ1) is 18.6. The molecule has 164 valence electrons. The molecular weight excluding hydrogens is 421 g/mol. The first-order chi connectivity index (χ1) is 16.2. The van der Waals surface area contributed by atoms with E-state index in [9.17, 15) is 9.18 Å². The van der Waals surface area contributed by atoms with E-state index in [1.807, 2.05) is 12.3 Å². The number of fused-ring (bicyclic) bond motifs is 3. The molecule has 5 aromatic heterocycles. The minimum absolute atomic E-state index is 0.139. The van der Waals surface area contributed by atoms with Crippen LogP contribution in [0.3, 0.4) is 0 Å². The molecule has 0 radical (unpaired) electrons. The zero-order valence-corrected chi connectivity index (χ0v) is 17.6. The van der Waals surface area contributed by atoms with E-state index in [0.717, 1.165) is 16.9 Å². The Labute approximate surface area is 187 Å². The molecule has 5 aromatic rings. The monoisotopic (exact) mass is 441 g/mol.